The summed E-state index contributed by atoms with van der Waals surface area (Å²) < 4.78 is 0. The van der Waals surface area contributed by atoms with Crippen LogP contribution >= 0.6 is 11.3 Å². The van der Waals surface area contributed by atoms with Crippen molar-refractivity contribution in [2.45, 2.75) is 53.0 Å². The number of hydrogen-bond donors (Lipinski definition) is 0. The lowest BCUT2D eigenvalue weighted by molar-refractivity contribution is -0.142. The Labute approximate surface area is 178 Å². The summed E-state index contributed by atoms with van der Waals surface area (Å²) in [4.78, 5) is 31.1. The molecule has 1 aliphatic heterocycles. The number of carbonyl (C=O) groups is 2. The third-order valence-electron chi connectivity index (χ3n) is 5.43. The highest BCUT2D eigenvalue weighted by Gasteiger charge is 2.33. The Kier molecular flexibility index (Phi) is 7.12. The van der Waals surface area contributed by atoms with Gasteiger partial charge in [-0.15, -0.1) is 11.3 Å². The van der Waals surface area contributed by atoms with Crippen LogP contribution in [0.1, 0.15) is 61.2 Å². The molecule has 1 aromatic heterocycles. The summed E-state index contributed by atoms with van der Waals surface area (Å²) in [6.45, 7) is 9.70. The highest BCUT2D eigenvalue weighted by atomic mass is 32.1. The second kappa shape index (κ2) is 9.57. The van der Waals surface area contributed by atoms with E-state index in [2.05, 4.69) is 42.6 Å². The Morgan fingerprint density at radius 2 is 1.93 bits per heavy atom. The number of thiophene rings is 1. The Morgan fingerprint density at radius 3 is 2.59 bits per heavy atom. The number of benzene rings is 1. The lowest BCUT2D eigenvalue weighted by Crippen LogP contribution is -2.47. The van der Waals surface area contributed by atoms with Crippen molar-refractivity contribution in [3.8, 4) is 0 Å². The molecule has 0 spiro atoms. The molecule has 0 bridgehead atoms. The first kappa shape index (κ1) is 21.6. The van der Waals surface area contributed by atoms with E-state index in [0.29, 0.717) is 25.4 Å². The van der Waals surface area contributed by atoms with Gasteiger partial charge in [-0.25, -0.2) is 0 Å². The van der Waals surface area contributed by atoms with Crippen LogP contribution in [0.15, 0.2) is 35.7 Å². The van der Waals surface area contributed by atoms with Crippen LogP contribution in [0.4, 0.5) is 0 Å². The fourth-order valence-corrected chi connectivity index (χ4v) is 4.89. The van der Waals surface area contributed by atoms with Crippen molar-refractivity contribution in [1.29, 1.82) is 0 Å². The first-order valence-corrected chi connectivity index (χ1v) is 11.5. The number of rotatable bonds is 7. The van der Waals surface area contributed by atoms with Crippen LogP contribution in [0.2, 0.25) is 0 Å². The van der Waals surface area contributed by atoms with E-state index in [0.717, 1.165) is 18.4 Å². The average Bonchev–Trinajstić information content (AvgIpc) is 3.16. The van der Waals surface area contributed by atoms with Crippen molar-refractivity contribution >= 4 is 23.2 Å². The molecular formula is C24H32N2O2S. The van der Waals surface area contributed by atoms with Gasteiger partial charge in [0.05, 0.1) is 12.6 Å². The van der Waals surface area contributed by atoms with Crippen LogP contribution in [-0.2, 0) is 16.0 Å². The number of carbonyl (C=O) groups excluding carboxylic acids is 2. The van der Waals surface area contributed by atoms with E-state index >= 15 is 0 Å². The molecule has 2 heterocycles. The molecule has 1 aromatic carbocycles. The van der Waals surface area contributed by atoms with E-state index in [1.54, 1.807) is 16.2 Å². The molecule has 5 heteroatoms. The van der Waals surface area contributed by atoms with E-state index < -0.39 is 0 Å². The van der Waals surface area contributed by atoms with Gasteiger partial charge in [-0.05, 0) is 48.3 Å². The molecule has 2 amide bonds. The topological polar surface area (TPSA) is 40.6 Å². The largest absolute Gasteiger partial charge is 0.333 e. The summed E-state index contributed by atoms with van der Waals surface area (Å²) in [5.41, 5.74) is 3.58. The van der Waals surface area contributed by atoms with Crippen molar-refractivity contribution in [2.24, 2.45) is 5.92 Å². The fourth-order valence-electron chi connectivity index (χ4n) is 3.99. The zero-order chi connectivity index (χ0) is 21.0. The molecule has 0 radical (unpaired) electrons. The number of hydrogen-bond acceptors (Lipinski definition) is 3. The Morgan fingerprint density at radius 1 is 1.21 bits per heavy atom. The van der Waals surface area contributed by atoms with Crippen LogP contribution in [0.5, 0.6) is 0 Å². The molecular weight excluding hydrogens is 380 g/mol. The summed E-state index contributed by atoms with van der Waals surface area (Å²) in [5, 5.41) is 2.12. The smallest absolute Gasteiger partial charge is 0.242 e. The standard InChI is InChI=1S/C24H32N2O2S/c1-5-12-25(22(27)15-17(2)3)16-23(28)26-13-10-21-20(11-14-29-21)24(26)19-8-6-18(4)7-9-19/h6-9,11,14,17,24H,5,10,12-13,15-16H2,1-4H3/t24-/m0/s1. The molecule has 2 aromatic rings. The van der Waals surface area contributed by atoms with Crippen molar-refractivity contribution < 1.29 is 9.59 Å². The normalized spacial score (nSPS) is 16.0. The Hall–Kier alpha value is -2.14. The van der Waals surface area contributed by atoms with Gasteiger partial charge >= 0.3 is 0 Å². The van der Waals surface area contributed by atoms with Gasteiger partial charge in [0.1, 0.15) is 0 Å². The van der Waals surface area contributed by atoms with Crippen molar-refractivity contribution in [3.05, 3.63) is 57.3 Å². The lowest BCUT2D eigenvalue weighted by Gasteiger charge is -2.37. The van der Waals surface area contributed by atoms with Crippen LogP contribution in [0.3, 0.4) is 0 Å². The van der Waals surface area contributed by atoms with Gasteiger partial charge in [0, 0.05) is 24.4 Å². The third kappa shape index (κ3) is 5.08. The Balaban J connectivity index is 1.85. The molecule has 0 saturated heterocycles. The van der Waals surface area contributed by atoms with E-state index in [1.807, 2.05) is 25.7 Å². The number of fused-ring (bicyclic) bond motifs is 1. The van der Waals surface area contributed by atoms with Crippen LogP contribution in [0.25, 0.3) is 0 Å². The predicted octanol–water partition coefficient (Wildman–Crippen LogP) is 4.82. The zero-order valence-corrected chi connectivity index (χ0v) is 18.8. The summed E-state index contributed by atoms with van der Waals surface area (Å²) in [6.07, 6.45) is 2.23. The predicted molar refractivity (Wildman–Crippen MR) is 119 cm³/mol. The molecule has 1 atom stereocenters. The molecule has 0 N–H and O–H groups in total. The van der Waals surface area contributed by atoms with Crippen molar-refractivity contribution in [2.75, 3.05) is 19.6 Å². The maximum Gasteiger partial charge on any atom is 0.242 e. The monoisotopic (exact) mass is 412 g/mol. The minimum atomic E-state index is -0.0678. The fraction of sp³-hybridized carbons (Fsp3) is 0.500. The highest BCUT2D eigenvalue weighted by Crippen LogP contribution is 2.38. The quantitative estimate of drug-likeness (QED) is 0.654. The lowest BCUT2D eigenvalue weighted by atomic mass is 9.92. The second-order valence-corrected chi connectivity index (χ2v) is 9.36. The maximum atomic E-state index is 13.4. The van der Waals surface area contributed by atoms with E-state index in [4.69, 9.17) is 0 Å². The van der Waals surface area contributed by atoms with Crippen LogP contribution in [0, 0.1) is 12.8 Å². The van der Waals surface area contributed by atoms with Gasteiger partial charge in [0.2, 0.25) is 11.8 Å². The van der Waals surface area contributed by atoms with Crippen molar-refractivity contribution in [3.63, 3.8) is 0 Å². The van der Waals surface area contributed by atoms with E-state index in [9.17, 15) is 9.59 Å². The Bertz CT molecular complexity index is 841. The number of amides is 2. The first-order valence-electron chi connectivity index (χ1n) is 10.6. The summed E-state index contributed by atoms with van der Waals surface area (Å²) in [6, 6.07) is 10.5. The summed E-state index contributed by atoms with van der Waals surface area (Å²) in [5.74, 6) is 0.411. The molecule has 0 saturated carbocycles. The minimum Gasteiger partial charge on any atom is -0.333 e. The molecule has 0 fully saturated rings. The summed E-state index contributed by atoms with van der Waals surface area (Å²) in [7, 11) is 0. The molecule has 0 aliphatic carbocycles. The number of nitrogens with zero attached hydrogens (tertiary/aromatic N) is 2. The minimum absolute atomic E-state index is 0.0398. The average molecular weight is 413 g/mol. The van der Waals surface area contributed by atoms with E-state index in [1.165, 1.54) is 16.0 Å². The van der Waals surface area contributed by atoms with E-state index in [-0.39, 0.29) is 24.4 Å². The molecule has 1 aliphatic rings. The van der Waals surface area contributed by atoms with Gasteiger partial charge in [-0.3, -0.25) is 9.59 Å². The molecule has 29 heavy (non-hydrogen) atoms. The first-order chi connectivity index (χ1) is 13.9. The van der Waals surface area contributed by atoms with Gasteiger partial charge in [0.15, 0.2) is 0 Å². The van der Waals surface area contributed by atoms with Crippen LogP contribution in [-0.4, -0.2) is 41.2 Å². The highest BCUT2D eigenvalue weighted by molar-refractivity contribution is 7.10. The third-order valence-corrected chi connectivity index (χ3v) is 6.43. The van der Waals surface area contributed by atoms with Crippen molar-refractivity contribution in [1.82, 2.24) is 9.80 Å². The van der Waals surface area contributed by atoms with Gasteiger partial charge in [0.25, 0.3) is 0 Å². The van der Waals surface area contributed by atoms with Crippen LogP contribution < -0.4 is 0 Å². The number of aryl methyl sites for hydroxylation is 1. The molecule has 156 valence electrons. The maximum absolute atomic E-state index is 13.4. The van der Waals surface area contributed by atoms with Gasteiger partial charge in [-0.2, -0.15) is 0 Å². The molecule has 3 rings (SSSR count). The second-order valence-electron chi connectivity index (χ2n) is 8.36. The molecule has 4 nitrogen and oxygen atoms in total. The zero-order valence-electron chi connectivity index (χ0n) is 18.0. The molecule has 0 unspecified atom stereocenters. The summed E-state index contributed by atoms with van der Waals surface area (Å²) >= 11 is 1.77. The van der Waals surface area contributed by atoms with Gasteiger partial charge in [-0.1, -0.05) is 50.6 Å². The van der Waals surface area contributed by atoms with Gasteiger partial charge < -0.3 is 9.80 Å². The SMILES string of the molecule is CCCN(CC(=O)N1CCc2sccc2[C@@H]1c1ccc(C)cc1)C(=O)CC(C)C.